The highest BCUT2D eigenvalue weighted by atomic mass is 35.5. The van der Waals surface area contributed by atoms with Crippen LogP contribution in [0.5, 0.6) is 0 Å². The first-order valence-electron chi connectivity index (χ1n) is 6.64. The smallest absolute Gasteiger partial charge is 0.227 e. The average molecular weight is 309 g/mol. The van der Waals surface area contributed by atoms with Gasteiger partial charge >= 0.3 is 0 Å². The number of aromatic amines is 1. The highest BCUT2D eigenvalue weighted by Crippen LogP contribution is 2.14. The third kappa shape index (κ3) is 3.77. The third-order valence-electron chi connectivity index (χ3n) is 3.38. The van der Waals surface area contributed by atoms with Crippen LogP contribution in [0.15, 0.2) is 24.3 Å². The van der Waals surface area contributed by atoms with E-state index in [-0.39, 0.29) is 18.3 Å². The summed E-state index contributed by atoms with van der Waals surface area (Å²) in [6, 6.07) is 7.69. The van der Waals surface area contributed by atoms with Crippen LogP contribution in [0.2, 0.25) is 0 Å². The zero-order chi connectivity index (χ0) is 13.8. The summed E-state index contributed by atoms with van der Waals surface area (Å²) in [7, 11) is 0. The van der Waals surface area contributed by atoms with Gasteiger partial charge in [-0.1, -0.05) is 24.3 Å². The molecule has 1 saturated heterocycles. The predicted molar refractivity (Wildman–Crippen MR) is 80.0 cm³/mol. The van der Waals surface area contributed by atoms with Gasteiger partial charge in [-0.2, -0.15) is 5.21 Å². The quantitative estimate of drug-likeness (QED) is 0.849. The fourth-order valence-electron chi connectivity index (χ4n) is 2.26. The van der Waals surface area contributed by atoms with Gasteiger partial charge < -0.3 is 10.2 Å². The molecule has 1 aromatic heterocycles. The van der Waals surface area contributed by atoms with Crippen molar-refractivity contribution < 1.29 is 4.79 Å². The first kappa shape index (κ1) is 15.4. The van der Waals surface area contributed by atoms with E-state index in [1.54, 1.807) is 0 Å². The van der Waals surface area contributed by atoms with Crippen molar-refractivity contribution in [2.75, 3.05) is 26.2 Å². The molecular formula is C13H17ClN6O. The number of amides is 1. The molecule has 112 valence electrons. The molecule has 1 aliphatic rings. The molecule has 0 bridgehead atoms. The number of carbonyl (C=O) groups excluding carboxylic acids is 1. The Morgan fingerprint density at radius 3 is 2.52 bits per heavy atom. The summed E-state index contributed by atoms with van der Waals surface area (Å²) in [4.78, 5) is 14.0. The number of halogens is 1. The maximum atomic E-state index is 12.1. The molecule has 0 saturated carbocycles. The van der Waals surface area contributed by atoms with Crippen LogP contribution in [0.3, 0.4) is 0 Å². The van der Waals surface area contributed by atoms with E-state index in [0.717, 1.165) is 37.3 Å². The largest absolute Gasteiger partial charge is 0.340 e. The zero-order valence-corrected chi connectivity index (χ0v) is 12.3. The highest BCUT2D eigenvalue weighted by Gasteiger charge is 2.16. The summed E-state index contributed by atoms with van der Waals surface area (Å²) in [5.41, 5.74) is 1.89. The van der Waals surface area contributed by atoms with Gasteiger partial charge in [0.1, 0.15) is 0 Å². The van der Waals surface area contributed by atoms with E-state index in [0.29, 0.717) is 12.2 Å². The number of benzene rings is 1. The Balaban J connectivity index is 0.00000161. The van der Waals surface area contributed by atoms with Crippen molar-refractivity contribution in [1.82, 2.24) is 30.8 Å². The molecule has 0 radical (unpaired) electrons. The molecule has 0 unspecified atom stereocenters. The van der Waals surface area contributed by atoms with E-state index in [2.05, 4.69) is 25.9 Å². The van der Waals surface area contributed by atoms with Crippen LogP contribution in [-0.4, -0.2) is 57.6 Å². The van der Waals surface area contributed by atoms with Crippen molar-refractivity contribution in [2.24, 2.45) is 0 Å². The lowest BCUT2D eigenvalue weighted by Gasteiger charge is -2.27. The summed E-state index contributed by atoms with van der Waals surface area (Å²) in [5, 5.41) is 17.0. The summed E-state index contributed by atoms with van der Waals surface area (Å²) >= 11 is 0. The number of nitrogens with one attached hydrogen (secondary N) is 2. The number of nitrogens with zero attached hydrogens (tertiary/aromatic N) is 4. The van der Waals surface area contributed by atoms with Crippen molar-refractivity contribution in [2.45, 2.75) is 6.42 Å². The molecule has 21 heavy (non-hydrogen) atoms. The maximum absolute atomic E-state index is 12.1. The molecule has 1 amide bonds. The monoisotopic (exact) mass is 308 g/mol. The summed E-state index contributed by atoms with van der Waals surface area (Å²) in [5.74, 6) is 0.740. The molecule has 3 rings (SSSR count). The van der Waals surface area contributed by atoms with Crippen LogP contribution in [0.25, 0.3) is 11.4 Å². The molecule has 0 aliphatic carbocycles. The summed E-state index contributed by atoms with van der Waals surface area (Å²) in [6.07, 6.45) is 0.437. The lowest BCUT2D eigenvalue weighted by Crippen LogP contribution is -2.46. The van der Waals surface area contributed by atoms with Crippen LogP contribution in [0, 0.1) is 0 Å². The number of tetrazole rings is 1. The fraction of sp³-hybridized carbons (Fsp3) is 0.385. The molecule has 8 heteroatoms. The number of hydrogen-bond donors (Lipinski definition) is 2. The van der Waals surface area contributed by atoms with Gasteiger partial charge in [0.25, 0.3) is 0 Å². The molecule has 1 fully saturated rings. The Morgan fingerprint density at radius 2 is 1.90 bits per heavy atom. The van der Waals surface area contributed by atoms with E-state index in [4.69, 9.17) is 0 Å². The van der Waals surface area contributed by atoms with Gasteiger partial charge in [-0.15, -0.1) is 22.6 Å². The Labute approximate surface area is 128 Å². The SMILES string of the molecule is Cl.O=C(Cc1ccc(-c2nn[nH]n2)cc1)N1CCNCC1. The van der Waals surface area contributed by atoms with Gasteiger partial charge in [0, 0.05) is 31.7 Å². The molecular weight excluding hydrogens is 292 g/mol. The zero-order valence-electron chi connectivity index (χ0n) is 11.5. The van der Waals surface area contributed by atoms with E-state index >= 15 is 0 Å². The number of hydrogen-bond acceptors (Lipinski definition) is 5. The molecule has 2 N–H and O–H groups in total. The second-order valence-electron chi connectivity index (χ2n) is 4.74. The molecule has 7 nitrogen and oxygen atoms in total. The minimum absolute atomic E-state index is 0. The standard InChI is InChI=1S/C13H16N6O.ClH/c20-12(19-7-5-14-6-8-19)9-10-1-3-11(4-2-10)13-15-17-18-16-13;/h1-4,14H,5-9H2,(H,15,16,17,18);1H. The second-order valence-corrected chi connectivity index (χ2v) is 4.74. The van der Waals surface area contributed by atoms with E-state index in [9.17, 15) is 4.79 Å². The van der Waals surface area contributed by atoms with Crippen LogP contribution >= 0.6 is 12.4 Å². The Kier molecular flexibility index (Phi) is 5.24. The maximum Gasteiger partial charge on any atom is 0.227 e. The van der Waals surface area contributed by atoms with Crippen molar-refractivity contribution in [1.29, 1.82) is 0 Å². The fourth-order valence-corrected chi connectivity index (χ4v) is 2.26. The normalized spacial score (nSPS) is 14.6. The van der Waals surface area contributed by atoms with Crippen molar-refractivity contribution in [3.63, 3.8) is 0 Å². The van der Waals surface area contributed by atoms with Crippen molar-refractivity contribution in [3.05, 3.63) is 29.8 Å². The van der Waals surface area contributed by atoms with Crippen molar-refractivity contribution in [3.8, 4) is 11.4 Å². The summed E-state index contributed by atoms with van der Waals surface area (Å²) in [6.45, 7) is 3.34. The Hall–Kier alpha value is -1.99. The van der Waals surface area contributed by atoms with E-state index in [1.807, 2.05) is 29.2 Å². The number of H-pyrrole nitrogens is 1. The van der Waals surface area contributed by atoms with Gasteiger partial charge in [-0.3, -0.25) is 4.79 Å². The second kappa shape index (κ2) is 7.14. The molecule has 1 aliphatic heterocycles. The lowest BCUT2D eigenvalue weighted by molar-refractivity contribution is -0.131. The molecule has 1 aromatic carbocycles. The number of carbonyl (C=O) groups is 1. The first-order valence-corrected chi connectivity index (χ1v) is 6.64. The van der Waals surface area contributed by atoms with Crippen LogP contribution in [0.4, 0.5) is 0 Å². The highest BCUT2D eigenvalue weighted by molar-refractivity contribution is 5.85. The van der Waals surface area contributed by atoms with E-state index in [1.165, 1.54) is 0 Å². The predicted octanol–water partition coefficient (Wildman–Crippen LogP) is 0.263. The Morgan fingerprint density at radius 1 is 1.19 bits per heavy atom. The van der Waals surface area contributed by atoms with Crippen molar-refractivity contribution >= 4 is 18.3 Å². The molecule has 2 heterocycles. The van der Waals surface area contributed by atoms with Crippen LogP contribution in [-0.2, 0) is 11.2 Å². The summed E-state index contributed by atoms with van der Waals surface area (Å²) < 4.78 is 0. The first-order chi connectivity index (χ1) is 9.83. The average Bonchev–Trinajstić information content (AvgIpc) is 3.03. The minimum Gasteiger partial charge on any atom is -0.340 e. The van der Waals surface area contributed by atoms with Crippen LogP contribution in [0.1, 0.15) is 5.56 Å². The van der Waals surface area contributed by atoms with Gasteiger partial charge in [0.2, 0.25) is 11.7 Å². The van der Waals surface area contributed by atoms with E-state index < -0.39 is 0 Å². The van der Waals surface area contributed by atoms with Gasteiger partial charge in [0.05, 0.1) is 6.42 Å². The Bertz CT molecular complexity index is 565. The van der Waals surface area contributed by atoms with Crippen LogP contribution < -0.4 is 5.32 Å². The number of piperazine rings is 1. The third-order valence-corrected chi connectivity index (χ3v) is 3.38. The molecule has 0 atom stereocenters. The van der Waals surface area contributed by atoms with Gasteiger partial charge in [-0.05, 0) is 10.8 Å². The topological polar surface area (TPSA) is 86.8 Å². The van der Waals surface area contributed by atoms with Gasteiger partial charge in [0.15, 0.2) is 0 Å². The number of aromatic nitrogens is 4. The molecule has 2 aromatic rings. The minimum atomic E-state index is 0. The lowest BCUT2D eigenvalue weighted by atomic mass is 10.1. The van der Waals surface area contributed by atoms with Gasteiger partial charge in [-0.25, -0.2) is 0 Å². The number of rotatable bonds is 3. The molecule has 0 spiro atoms.